The highest BCUT2D eigenvalue weighted by atomic mass is 16.3. The molecule has 0 N–H and O–H groups in total. The van der Waals surface area contributed by atoms with Gasteiger partial charge in [-0.1, -0.05) is 36.4 Å². The van der Waals surface area contributed by atoms with E-state index < -0.39 is 13.7 Å². The van der Waals surface area contributed by atoms with Gasteiger partial charge >= 0.3 is 0 Å². The normalized spacial score (nSPS) is 15.9. The van der Waals surface area contributed by atoms with Gasteiger partial charge in [-0.05, 0) is 37.1 Å². The summed E-state index contributed by atoms with van der Waals surface area (Å²) < 4.78 is 55.3. The first-order valence-electron chi connectivity index (χ1n) is 11.7. The van der Waals surface area contributed by atoms with E-state index in [0.29, 0.717) is 22.6 Å². The standard InChI is InChI=1S/C24H21N2O/c1-14-9-10-19-22-18-8-6-5-7-17(18)12-25-24(22)27-23(19)21(14)20-11-15(2)16(3)13-26(20)4/h5-13H,1-4H3/q+1/i2D3,3D3. The molecule has 3 heteroatoms. The van der Waals surface area contributed by atoms with E-state index in [9.17, 15) is 0 Å². The summed E-state index contributed by atoms with van der Waals surface area (Å²) in [4.78, 5) is 4.50. The molecule has 132 valence electrons. The maximum absolute atomic E-state index is 7.96. The molecule has 3 nitrogen and oxygen atoms in total. The Morgan fingerprint density at radius 2 is 1.85 bits per heavy atom. The van der Waals surface area contributed by atoms with Gasteiger partial charge in [0.05, 0.1) is 10.9 Å². The third-order valence-electron chi connectivity index (χ3n) is 5.13. The first-order chi connectivity index (χ1) is 15.5. The number of hydrogen-bond acceptors (Lipinski definition) is 2. The van der Waals surface area contributed by atoms with E-state index in [4.69, 9.17) is 12.6 Å². The molecule has 0 fully saturated rings. The minimum atomic E-state index is -2.58. The van der Waals surface area contributed by atoms with Gasteiger partial charge in [0.25, 0.3) is 0 Å². The Hall–Kier alpha value is -3.20. The molecular weight excluding hydrogens is 332 g/mol. The molecule has 0 spiro atoms. The number of furan rings is 1. The second-order valence-electron chi connectivity index (χ2n) is 6.86. The highest BCUT2D eigenvalue weighted by Gasteiger charge is 2.22. The van der Waals surface area contributed by atoms with Crippen molar-refractivity contribution >= 4 is 32.8 Å². The lowest BCUT2D eigenvalue weighted by molar-refractivity contribution is -0.660. The molecule has 0 radical (unpaired) electrons. The summed E-state index contributed by atoms with van der Waals surface area (Å²) in [5.41, 5.74) is 2.85. The van der Waals surface area contributed by atoms with Crippen molar-refractivity contribution in [1.29, 1.82) is 0 Å². The predicted molar refractivity (Wildman–Crippen MR) is 110 cm³/mol. The molecule has 5 aromatic rings. The summed E-state index contributed by atoms with van der Waals surface area (Å²) in [6.07, 6.45) is 3.16. The predicted octanol–water partition coefficient (Wildman–Crippen LogP) is 5.55. The third-order valence-corrected chi connectivity index (χ3v) is 5.13. The molecule has 0 amide bonds. The summed E-state index contributed by atoms with van der Waals surface area (Å²) >= 11 is 0. The van der Waals surface area contributed by atoms with Gasteiger partial charge in [0, 0.05) is 36.8 Å². The van der Waals surface area contributed by atoms with Crippen LogP contribution in [0.2, 0.25) is 0 Å². The van der Waals surface area contributed by atoms with Crippen LogP contribution in [0.5, 0.6) is 0 Å². The Balaban J connectivity index is 1.89. The number of rotatable bonds is 1. The molecular formula is C24H21N2O+. The first-order valence-corrected chi connectivity index (χ1v) is 8.71. The van der Waals surface area contributed by atoms with Gasteiger partial charge in [-0.15, -0.1) is 0 Å². The molecule has 0 unspecified atom stereocenters. The zero-order chi connectivity index (χ0) is 23.7. The summed E-state index contributed by atoms with van der Waals surface area (Å²) in [6.45, 7) is -3.22. The van der Waals surface area contributed by atoms with Gasteiger partial charge in [0.2, 0.25) is 11.4 Å². The quantitative estimate of drug-likeness (QED) is 0.367. The number of fused-ring (bicyclic) bond motifs is 5. The van der Waals surface area contributed by atoms with Gasteiger partial charge in [-0.2, -0.15) is 0 Å². The van der Waals surface area contributed by atoms with Gasteiger partial charge < -0.3 is 4.42 Å². The molecule has 27 heavy (non-hydrogen) atoms. The Kier molecular flexibility index (Phi) is 2.27. The number of pyridine rings is 2. The summed E-state index contributed by atoms with van der Waals surface area (Å²) in [7, 11) is 1.71. The van der Waals surface area contributed by atoms with Crippen molar-refractivity contribution in [2.24, 2.45) is 7.05 Å². The van der Waals surface area contributed by atoms with E-state index in [1.165, 1.54) is 12.3 Å². The maximum Gasteiger partial charge on any atom is 0.227 e. The largest absolute Gasteiger partial charge is 0.437 e. The van der Waals surface area contributed by atoms with Gasteiger partial charge in [-0.3, -0.25) is 0 Å². The van der Waals surface area contributed by atoms with Gasteiger partial charge in [0.15, 0.2) is 11.8 Å². The minimum Gasteiger partial charge on any atom is -0.437 e. The smallest absolute Gasteiger partial charge is 0.227 e. The maximum atomic E-state index is 7.96. The van der Waals surface area contributed by atoms with Crippen LogP contribution in [0.15, 0.2) is 59.3 Å². The van der Waals surface area contributed by atoms with Crippen LogP contribution in [0, 0.1) is 20.6 Å². The fraction of sp³-hybridized carbons (Fsp3) is 0.167. The van der Waals surface area contributed by atoms with Crippen LogP contribution in [-0.4, -0.2) is 4.98 Å². The molecule has 0 bridgehead atoms. The average molecular weight is 359 g/mol. The van der Waals surface area contributed by atoms with Gasteiger partial charge in [-0.25, -0.2) is 9.55 Å². The number of hydrogen-bond donors (Lipinski definition) is 0. The second kappa shape index (κ2) is 5.65. The molecule has 0 saturated heterocycles. The Morgan fingerprint density at radius 3 is 2.70 bits per heavy atom. The van der Waals surface area contributed by atoms with Crippen molar-refractivity contribution in [2.45, 2.75) is 20.6 Å². The highest BCUT2D eigenvalue weighted by Crippen LogP contribution is 2.39. The van der Waals surface area contributed by atoms with Gasteiger partial charge in [0.1, 0.15) is 7.05 Å². The number of nitrogens with zero attached hydrogens (tertiary/aromatic N) is 2. The summed E-state index contributed by atoms with van der Waals surface area (Å²) in [5, 5.41) is 3.76. The van der Waals surface area contributed by atoms with Crippen molar-refractivity contribution in [2.75, 3.05) is 0 Å². The fourth-order valence-corrected chi connectivity index (χ4v) is 3.78. The van der Waals surface area contributed by atoms with Crippen molar-refractivity contribution in [3.05, 3.63) is 71.5 Å². The Bertz CT molecular complexity index is 1560. The summed E-state index contributed by atoms with van der Waals surface area (Å²) in [6, 6.07) is 13.3. The van der Waals surface area contributed by atoms with Crippen molar-refractivity contribution in [1.82, 2.24) is 4.98 Å². The number of benzene rings is 2. The van der Waals surface area contributed by atoms with E-state index in [2.05, 4.69) is 4.98 Å². The average Bonchev–Trinajstić information content (AvgIpc) is 3.11. The van der Waals surface area contributed by atoms with Crippen LogP contribution in [0.4, 0.5) is 0 Å². The van der Waals surface area contributed by atoms with Crippen molar-refractivity contribution in [3.63, 3.8) is 0 Å². The number of aromatic nitrogens is 2. The minimum absolute atomic E-state index is 0.184. The molecule has 0 saturated carbocycles. The zero-order valence-electron chi connectivity index (χ0n) is 21.0. The molecule has 3 heterocycles. The van der Waals surface area contributed by atoms with Crippen LogP contribution in [0.25, 0.3) is 44.1 Å². The van der Waals surface area contributed by atoms with Crippen molar-refractivity contribution in [3.8, 4) is 11.3 Å². The van der Waals surface area contributed by atoms with Crippen LogP contribution in [-0.2, 0) is 7.05 Å². The highest BCUT2D eigenvalue weighted by molar-refractivity contribution is 6.19. The van der Waals surface area contributed by atoms with E-state index in [0.717, 1.165) is 27.1 Å². The lowest BCUT2D eigenvalue weighted by atomic mass is 9.98. The molecule has 0 aliphatic heterocycles. The SMILES string of the molecule is [2H]C([2H])([2H])c1cc(-c2c(C)ccc3c2oc2ncc4ccccc4c23)[n+](C)cc1C([2H])([2H])[2H]. The molecule has 0 aliphatic carbocycles. The van der Waals surface area contributed by atoms with E-state index in [1.807, 2.05) is 43.3 Å². The topological polar surface area (TPSA) is 29.9 Å². The lowest BCUT2D eigenvalue weighted by Gasteiger charge is -2.07. The molecule has 5 rings (SSSR count). The second-order valence-corrected chi connectivity index (χ2v) is 6.86. The number of aryl methyl sites for hydroxylation is 4. The van der Waals surface area contributed by atoms with Crippen LogP contribution in [0.1, 0.15) is 24.9 Å². The fourth-order valence-electron chi connectivity index (χ4n) is 3.78. The molecule has 2 aromatic carbocycles. The van der Waals surface area contributed by atoms with Crippen molar-refractivity contribution < 1.29 is 17.2 Å². The monoisotopic (exact) mass is 359 g/mol. The van der Waals surface area contributed by atoms with E-state index in [-0.39, 0.29) is 11.1 Å². The lowest BCUT2D eigenvalue weighted by Crippen LogP contribution is -2.31. The molecule has 0 aliphatic rings. The van der Waals surface area contributed by atoms with Crippen LogP contribution >= 0.6 is 0 Å². The first kappa shape index (κ1) is 10.8. The van der Waals surface area contributed by atoms with Crippen LogP contribution in [0.3, 0.4) is 0 Å². The zero-order valence-corrected chi connectivity index (χ0v) is 15.0. The summed E-state index contributed by atoms with van der Waals surface area (Å²) in [5.74, 6) is 0. The molecule has 0 atom stereocenters. The van der Waals surface area contributed by atoms with E-state index >= 15 is 0 Å². The van der Waals surface area contributed by atoms with Crippen LogP contribution < -0.4 is 4.57 Å². The molecule has 3 aromatic heterocycles. The van der Waals surface area contributed by atoms with E-state index in [1.54, 1.807) is 17.8 Å². The Morgan fingerprint density at radius 1 is 1.00 bits per heavy atom. The Labute approximate surface area is 166 Å². The third kappa shape index (κ3) is 2.28.